The molecule has 7 nitrogen and oxygen atoms in total. The van der Waals surface area contributed by atoms with Crippen molar-refractivity contribution in [3.05, 3.63) is 11.7 Å². The molecule has 1 aromatic rings. The number of nitrogens with one attached hydrogen (secondary N) is 2. The molecule has 2 rings (SSSR count). The summed E-state index contributed by atoms with van der Waals surface area (Å²) < 4.78 is 5.01. The lowest BCUT2D eigenvalue weighted by molar-refractivity contribution is 0.0352. The molecule has 7 heteroatoms. The van der Waals surface area contributed by atoms with Gasteiger partial charge in [0.2, 0.25) is 5.89 Å². The Morgan fingerprint density at radius 3 is 3.31 bits per heavy atom. The summed E-state index contributed by atoms with van der Waals surface area (Å²) in [5.41, 5.74) is 2.21. The first-order chi connectivity index (χ1) is 7.81. The van der Waals surface area contributed by atoms with Crippen molar-refractivity contribution in [1.82, 2.24) is 20.9 Å². The average Bonchev–Trinajstić information content (AvgIpc) is 2.94. The van der Waals surface area contributed by atoms with Crippen LogP contribution in [0.25, 0.3) is 0 Å². The molecule has 1 aliphatic rings. The van der Waals surface area contributed by atoms with Gasteiger partial charge in [0.05, 0.1) is 12.6 Å². The highest BCUT2D eigenvalue weighted by Crippen LogP contribution is 2.20. The second-order valence-electron chi connectivity index (χ2n) is 3.47. The lowest BCUT2D eigenvalue weighted by atomic mass is 10.2. The number of rotatable bonds is 4. The van der Waals surface area contributed by atoms with Crippen molar-refractivity contribution in [1.29, 1.82) is 0 Å². The molecule has 1 aliphatic heterocycles. The molecule has 1 unspecified atom stereocenters. The van der Waals surface area contributed by atoms with Gasteiger partial charge in [0.25, 0.3) is 5.82 Å². The molecule has 0 aliphatic carbocycles. The molecule has 0 aromatic carbocycles. The van der Waals surface area contributed by atoms with Crippen LogP contribution >= 0.6 is 0 Å². The largest absolute Gasteiger partial charge is 0.337 e. The van der Waals surface area contributed by atoms with Gasteiger partial charge in [-0.1, -0.05) is 5.16 Å². The molecule has 88 valence electrons. The van der Waals surface area contributed by atoms with E-state index in [0.29, 0.717) is 12.5 Å². The number of carbonyl (C=O) groups is 1. The first-order valence-corrected chi connectivity index (χ1v) is 5.30. The van der Waals surface area contributed by atoms with E-state index >= 15 is 0 Å². The minimum absolute atomic E-state index is 0.00264. The van der Waals surface area contributed by atoms with Crippen LogP contribution in [0.3, 0.4) is 0 Å². The lowest BCUT2D eigenvalue weighted by Crippen LogP contribution is -2.24. The second kappa shape index (κ2) is 5.04. The fraction of sp³-hybridized carbons (Fsp3) is 0.667. The Bertz CT molecular complexity index is 359. The normalized spacial score (nSPS) is 19.9. The van der Waals surface area contributed by atoms with Crippen LogP contribution in [0.2, 0.25) is 0 Å². The summed E-state index contributed by atoms with van der Waals surface area (Å²) in [5, 5.41) is 6.80. The summed E-state index contributed by atoms with van der Waals surface area (Å²) in [6.07, 6.45) is 2.03. The standard InChI is InChI=1S/C9H14N4O3/c1-2-15-13-8(14)7-11-9(16-12-7)6-4-3-5-10-6/h6,10H,2-5H2,1H3,(H,13,14). The lowest BCUT2D eigenvalue weighted by Gasteiger charge is -2.01. The Labute approximate surface area is 92.5 Å². The van der Waals surface area contributed by atoms with E-state index in [1.54, 1.807) is 6.92 Å². The number of hydroxylamine groups is 1. The maximum Gasteiger partial charge on any atom is 0.316 e. The summed E-state index contributed by atoms with van der Waals surface area (Å²) in [6.45, 7) is 3.10. The Morgan fingerprint density at radius 2 is 2.62 bits per heavy atom. The minimum Gasteiger partial charge on any atom is -0.337 e. The van der Waals surface area contributed by atoms with Crippen molar-refractivity contribution in [2.45, 2.75) is 25.8 Å². The van der Waals surface area contributed by atoms with Gasteiger partial charge < -0.3 is 9.84 Å². The predicted octanol–water partition coefficient (Wildman–Crippen LogP) is 0.175. The third-order valence-corrected chi connectivity index (χ3v) is 2.31. The third kappa shape index (κ3) is 2.37. The van der Waals surface area contributed by atoms with Gasteiger partial charge in [0.15, 0.2) is 0 Å². The molecular weight excluding hydrogens is 212 g/mol. The van der Waals surface area contributed by atoms with Crippen molar-refractivity contribution in [3.8, 4) is 0 Å². The molecule has 0 saturated carbocycles. The summed E-state index contributed by atoms with van der Waals surface area (Å²) in [6, 6.07) is 0.0705. The van der Waals surface area contributed by atoms with E-state index in [2.05, 4.69) is 20.9 Å². The molecule has 0 spiro atoms. The Kier molecular flexibility index (Phi) is 3.47. The molecule has 0 radical (unpaired) electrons. The van der Waals surface area contributed by atoms with E-state index in [4.69, 9.17) is 9.36 Å². The average molecular weight is 226 g/mol. The van der Waals surface area contributed by atoms with Gasteiger partial charge in [-0.25, -0.2) is 5.48 Å². The summed E-state index contributed by atoms with van der Waals surface area (Å²) in [7, 11) is 0. The maximum atomic E-state index is 11.4. The van der Waals surface area contributed by atoms with E-state index in [9.17, 15) is 4.79 Å². The van der Waals surface area contributed by atoms with Crippen LogP contribution in [0.5, 0.6) is 0 Å². The zero-order valence-electron chi connectivity index (χ0n) is 9.02. The van der Waals surface area contributed by atoms with Crippen molar-refractivity contribution >= 4 is 5.91 Å². The second-order valence-corrected chi connectivity index (χ2v) is 3.47. The van der Waals surface area contributed by atoms with Gasteiger partial charge in [-0.2, -0.15) is 4.98 Å². The molecule has 16 heavy (non-hydrogen) atoms. The maximum absolute atomic E-state index is 11.4. The molecule has 1 aromatic heterocycles. The Balaban J connectivity index is 1.98. The molecule has 1 atom stereocenters. The zero-order valence-corrected chi connectivity index (χ0v) is 9.02. The molecule has 1 saturated heterocycles. The summed E-state index contributed by atoms with van der Waals surface area (Å²) in [4.78, 5) is 20.2. The fourth-order valence-corrected chi connectivity index (χ4v) is 1.55. The van der Waals surface area contributed by atoms with Gasteiger partial charge >= 0.3 is 5.91 Å². The van der Waals surface area contributed by atoms with Crippen LogP contribution in [0.4, 0.5) is 0 Å². The fourth-order valence-electron chi connectivity index (χ4n) is 1.55. The molecular formula is C9H14N4O3. The highest BCUT2D eigenvalue weighted by molar-refractivity contribution is 5.89. The van der Waals surface area contributed by atoms with Crippen molar-refractivity contribution in [3.63, 3.8) is 0 Å². The quantitative estimate of drug-likeness (QED) is 0.712. The zero-order chi connectivity index (χ0) is 11.4. The van der Waals surface area contributed by atoms with Crippen molar-refractivity contribution in [2.75, 3.05) is 13.2 Å². The first-order valence-electron chi connectivity index (χ1n) is 5.30. The van der Waals surface area contributed by atoms with Gasteiger partial charge in [-0.15, -0.1) is 0 Å². The monoisotopic (exact) mass is 226 g/mol. The Morgan fingerprint density at radius 1 is 1.75 bits per heavy atom. The SMILES string of the molecule is CCONC(=O)c1noc(C2CCCN2)n1. The van der Waals surface area contributed by atoms with Crippen LogP contribution < -0.4 is 10.8 Å². The predicted molar refractivity (Wildman–Crippen MR) is 53.4 cm³/mol. The van der Waals surface area contributed by atoms with Crippen molar-refractivity contribution in [2.24, 2.45) is 0 Å². The number of amides is 1. The minimum atomic E-state index is -0.491. The smallest absolute Gasteiger partial charge is 0.316 e. The van der Waals surface area contributed by atoms with Crippen LogP contribution in [0.1, 0.15) is 42.3 Å². The van der Waals surface area contributed by atoms with E-state index in [0.717, 1.165) is 19.4 Å². The van der Waals surface area contributed by atoms with Gasteiger partial charge in [0, 0.05) is 0 Å². The van der Waals surface area contributed by atoms with E-state index in [1.807, 2.05) is 0 Å². The van der Waals surface area contributed by atoms with E-state index < -0.39 is 5.91 Å². The van der Waals surface area contributed by atoms with Gasteiger partial charge in [-0.05, 0) is 26.3 Å². The number of carbonyl (C=O) groups excluding carboxylic acids is 1. The molecule has 1 amide bonds. The van der Waals surface area contributed by atoms with E-state index in [-0.39, 0.29) is 11.9 Å². The number of nitrogens with zero attached hydrogens (tertiary/aromatic N) is 2. The number of hydrogen-bond donors (Lipinski definition) is 2. The molecule has 2 heterocycles. The van der Waals surface area contributed by atoms with Gasteiger partial charge in [0.1, 0.15) is 0 Å². The first kappa shape index (κ1) is 11.0. The summed E-state index contributed by atoms with van der Waals surface area (Å²) in [5.74, 6) is -0.0360. The number of hydrogen-bond acceptors (Lipinski definition) is 6. The Hall–Kier alpha value is -1.47. The van der Waals surface area contributed by atoms with Crippen molar-refractivity contribution < 1.29 is 14.2 Å². The van der Waals surface area contributed by atoms with Crippen LogP contribution in [-0.2, 0) is 4.84 Å². The third-order valence-electron chi connectivity index (χ3n) is 2.31. The van der Waals surface area contributed by atoms with Crippen LogP contribution in [0.15, 0.2) is 4.52 Å². The molecule has 1 fully saturated rings. The molecule has 2 N–H and O–H groups in total. The van der Waals surface area contributed by atoms with Crippen LogP contribution in [-0.4, -0.2) is 29.2 Å². The van der Waals surface area contributed by atoms with Crippen LogP contribution in [0, 0.1) is 0 Å². The highest BCUT2D eigenvalue weighted by atomic mass is 16.6. The topological polar surface area (TPSA) is 89.3 Å². The summed E-state index contributed by atoms with van der Waals surface area (Å²) >= 11 is 0. The van der Waals surface area contributed by atoms with Gasteiger partial charge in [-0.3, -0.25) is 9.63 Å². The highest BCUT2D eigenvalue weighted by Gasteiger charge is 2.24. The van der Waals surface area contributed by atoms with E-state index in [1.165, 1.54) is 0 Å². The molecule has 0 bridgehead atoms. The number of aromatic nitrogens is 2.